The number of fused-ring (bicyclic) bond motifs is 3. The van der Waals surface area contributed by atoms with Crippen molar-refractivity contribution in [2.24, 2.45) is 0 Å². The molecule has 20 heavy (non-hydrogen) atoms. The first kappa shape index (κ1) is 12.1. The predicted molar refractivity (Wildman–Crippen MR) is 83.7 cm³/mol. The third-order valence-electron chi connectivity index (χ3n) is 3.20. The van der Waals surface area contributed by atoms with Gasteiger partial charge in [0.1, 0.15) is 5.82 Å². The van der Waals surface area contributed by atoms with Gasteiger partial charge in [0.15, 0.2) is 4.96 Å². The number of aromatic nitrogens is 2. The fraction of sp³-hybridized carbons (Fsp3) is 0. The smallest absolute Gasteiger partial charge is 0.195 e. The Balaban J connectivity index is 1.93. The highest BCUT2D eigenvalue weighted by Crippen LogP contribution is 2.31. The second-order valence-electron chi connectivity index (χ2n) is 4.50. The van der Waals surface area contributed by atoms with Crippen LogP contribution in [0, 0.1) is 5.82 Å². The molecule has 5 heteroatoms. The van der Waals surface area contributed by atoms with Gasteiger partial charge in [-0.25, -0.2) is 9.37 Å². The monoisotopic (exact) mass is 346 g/mol. The molecule has 0 saturated carbocycles. The second-order valence-corrected chi connectivity index (χ2v) is 6.42. The highest BCUT2D eigenvalue weighted by atomic mass is 79.9. The minimum atomic E-state index is -0.231. The van der Waals surface area contributed by atoms with Crippen LogP contribution >= 0.6 is 27.3 Å². The maximum absolute atomic E-state index is 13.0. The summed E-state index contributed by atoms with van der Waals surface area (Å²) in [5.74, 6) is -0.231. The second kappa shape index (κ2) is 4.40. The molecule has 0 radical (unpaired) electrons. The molecule has 0 spiro atoms. The fourth-order valence-electron chi connectivity index (χ4n) is 2.23. The Labute approximate surface area is 126 Å². The lowest BCUT2D eigenvalue weighted by molar-refractivity contribution is 0.628. The van der Waals surface area contributed by atoms with Gasteiger partial charge in [-0.1, -0.05) is 27.3 Å². The molecule has 2 heterocycles. The molecule has 0 amide bonds. The van der Waals surface area contributed by atoms with Gasteiger partial charge in [-0.3, -0.25) is 4.40 Å². The normalized spacial score (nSPS) is 11.5. The van der Waals surface area contributed by atoms with Crippen LogP contribution in [0.15, 0.2) is 53.1 Å². The maximum atomic E-state index is 13.0. The van der Waals surface area contributed by atoms with E-state index in [1.54, 1.807) is 23.5 Å². The molecular weight excluding hydrogens is 339 g/mol. The number of benzene rings is 2. The summed E-state index contributed by atoms with van der Waals surface area (Å²) in [5, 5.41) is 0. The van der Waals surface area contributed by atoms with Crippen molar-refractivity contribution in [2.45, 2.75) is 0 Å². The SMILES string of the molecule is Fc1ccc(-c2cn3c(n2)sc2cc(Br)ccc23)cc1. The topological polar surface area (TPSA) is 17.3 Å². The summed E-state index contributed by atoms with van der Waals surface area (Å²) in [6.07, 6.45) is 2.00. The van der Waals surface area contributed by atoms with E-state index in [9.17, 15) is 4.39 Å². The molecule has 98 valence electrons. The van der Waals surface area contributed by atoms with Gasteiger partial charge in [-0.05, 0) is 42.5 Å². The first-order valence-electron chi connectivity index (χ1n) is 6.04. The lowest BCUT2D eigenvalue weighted by atomic mass is 10.2. The molecule has 0 saturated heterocycles. The number of halogens is 2. The van der Waals surface area contributed by atoms with Gasteiger partial charge in [0, 0.05) is 16.2 Å². The number of hydrogen-bond donors (Lipinski definition) is 0. The molecule has 0 N–H and O–H groups in total. The van der Waals surface area contributed by atoms with Crippen LogP contribution in [-0.4, -0.2) is 9.38 Å². The van der Waals surface area contributed by atoms with E-state index in [1.807, 2.05) is 12.3 Å². The number of hydrogen-bond acceptors (Lipinski definition) is 2. The van der Waals surface area contributed by atoms with Gasteiger partial charge in [-0.15, -0.1) is 0 Å². The van der Waals surface area contributed by atoms with Gasteiger partial charge >= 0.3 is 0 Å². The molecule has 4 rings (SSSR count). The van der Waals surface area contributed by atoms with Crippen LogP contribution in [0.2, 0.25) is 0 Å². The summed E-state index contributed by atoms with van der Waals surface area (Å²) in [7, 11) is 0. The van der Waals surface area contributed by atoms with E-state index in [2.05, 4.69) is 37.4 Å². The lowest BCUT2D eigenvalue weighted by Gasteiger charge is -1.95. The van der Waals surface area contributed by atoms with Gasteiger partial charge in [-0.2, -0.15) is 0 Å². The van der Waals surface area contributed by atoms with Crippen molar-refractivity contribution in [1.29, 1.82) is 0 Å². The quantitative estimate of drug-likeness (QED) is 0.467. The van der Waals surface area contributed by atoms with Crippen LogP contribution < -0.4 is 0 Å². The molecule has 0 atom stereocenters. The molecule has 2 nitrogen and oxygen atoms in total. The zero-order valence-electron chi connectivity index (χ0n) is 10.2. The summed E-state index contributed by atoms with van der Waals surface area (Å²) in [6, 6.07) is 12.6. The minimum absolute atomic E-state index is 0.231. The predicted octanol–water partition coefficient (Wildman–Crippen LogP) is 5.12. The van der Waals surface area contributed by atoms with Crippen LogP contribution in [0.5, 0.6) is 0 Å². The zero-order chi connectivity index (χ0) is 13.7. The Morgan fingerprint density at radius 2 is 1.90 bits per heavy atom. The average Bonchev–Trinajstić information content (AvgIpc) is 2.96. The van der Waals surface area contributed by atoms with E-state index in [1.165, 1.54) is 16.8 Å². The highest BCUT2D eigenvalue weighted by Gasteiger charge is 2.10. The molecule has 4 aromatic rings. The third kappa shape index (κ3) is 1.85. The Hall–Kier alpha value is -1.72. The first-order valence-corrected chi connectivity index (χ1v) is 7.65. The van der Waals surface area contributed by atoms with Crippen LogP contribution in [-0.2, 0) is 0 Å². The van der Waals surface area contributed by atoms with Gasteiger partial charge < -0.3 is 0 Å². The van der Waals surface area contributed by atoms with E-state index in [-0.39, 0.29) is 5.82 Å². The summed E-state index contributed by atoms with van der Waals surface area (Å²) in [4.78, 5) is 5.57. The molecule has 0 unspecified atom stereocenters. The molecule has 0 aliphatic carbocycles. The van der Waals surface area contributed by atoms with Crippen molar-refractivity contribution in [3.63, 3.8) is 0 Å². The number of nitrogens with zero attached hydrogens (tertiary/aromatic N) is 2. The van der Waals surface area contributed by atoms with E-state index < -0.39 is 0 Å². The molecular formula is C15H8BrFN2S. The number of thiazole rings is 1. The highest BCUT2D eigenvalue weighted by molar-refractivity contribution is 9.10. The maximum Gasteiger partial charge on any atom is 0.195 e. The van der Waals surface area contributed by atoms with Crippen molar-refractivity contribution >= 4 is 42.4 Å². The molecule has 0 aliphatic heterocycles. The molecule has 2 aromatic heterocycles. The Morgan fingerprint density at radius 1 is 1.10 bits per heavy atom. The van der Waals surface area contributed by atoms with Crippen LogP contribution in [0.4, 0.5) is 4.39 Å². The molecule has 0 bridgehead atoms. The van der Waals surface area contributed by atoms with Crippen LogP contribution in [0.3, 0.4) is 0 Å². The Kier molecular flexibility index (Phi) is 2.65. The minimum Gasteiger partial charge on any atom is -0.290 e. The Morgan fingerprint density at radius 3 is 2.70 bits per heavy atom. The van der Waals surface area contributed by atoms with Crippen molar-refractivity contribution < 1.29 is 4.39 Å². The van der Waals surface area contributed by atoms with E-state index in [4.69, 9.17) is 0 Å². The van der Waals surface area contributed by atoms with E-state index >= 15 is 0 Å². The van der Waals surface area contributed by atoms with Crippen LogP contribution in [0.1, 0.15) is 0 Å². The average molecular weight is 347 g/mol. The Bertz CT molecular complexity index is 924. The van der Waals surface area contributed by atoms with Gasteiger partial charge in [0.25, 0.3) is 0 Å². The standard InChI is InChI=1S/C15H8BrFN2S/c16-10-3-6-13-14(7-10)20-15-18-12(8-19(13)15)9-1-4-11(17)5-2-9/h1-8H. The van der Waals surface area contributed by atoms with Crippen LogP contribution in [0.25, 0.3) is 26.4 Å². The summed E-state index contributed by atoms with van der Waals surface area (Å²) >= 11 is 5.12. The van der Waals surface area contributed by atoms with E-state index in [0.717, 1.165) is 26.2 Å². The summed E-state index contributed by atoms with van der Waals surface area (Å²) < 4.78 is 17.3. The van der Waals surface area contributed by atoms with E-state index in [0.29, 0.717) is 0 Å². The first-order chi connectivity index (χ1) is 9.70. The van der Waals surface area contributed by atoms with Gasteiger partial charge in [0.05, 0.1) is 15.9 Å². The largest absolute Gasteiger partial charge is 0.290 e. The zero-order valence-corrected chi connectivity index (χ0v) is 12.6. The summed E-state index contributed by atoms with van der Waals surface area (Å²) in [5.41, 5.74) is 2.92. The lowest BCUT2D eigenvalue weighted by Crippen LogP contribution is -1.79. The molecule has 2 aromatic carbocycles. The van der Waals surface area contributed by atoms with Gasteiger partial charge in [0.2, 0.25) is 0 Å². The third-order valence-corrected chi connectivity index (χ3v) is 4.71. The van der Waals surface area contributed by atoms with Crippen molar-refractivity contribution in [3.8, 4) is 11.3 Å². The molecule has 0 aliphatic rings. The number of imidazole rings is 1. The molecule has 0 fully saturated rings. The van der Waals surface area contributed by atoms with Crippen molar-refractivity contribution in [1.82, 2.24) is 9.38 Å². The van der Waals surface area contributed by atoms with Crippen molar-refractivity contribution in [3.05, 3.63) is 59.0 Å². The number of rotatable bonds is 1. The summed E-state index contributed by atoms with van der Waals surface area (Å²) in [6.45, 7) is 0. The van der Waals surface area contributed by atoms with Crippen molar-refractivity contribution in [2.75, 3.05) is 0 Å². The fourth-order valence-corrected chi connectivity index (χ4v) is 3.79.